The van der Waals surface area contributed by atoms with Crippen molar-refractivity contribution in [2.45, 2.75) is 38.0 Å². The van der Waals surface area contributed by atoms with Gasteiger partial charge in [0.25, 0.3) is 0 Å². The number of benzene rings is 1. The summed E-state index contributed by atoms with van der Waals surface area (Å²) in [5.41, 5.74) is 1.98. The first-order valence-corrected chi connectivity index (χ1v) is 10.1. The first-order chi connectivity index (χ1) is 12.8. The smallest absolute Gasteiger partial charge is 0.244 e. The lowest BCUT2D eigenvalue weighted by Crippen LogP contribution is -2.38. The molecule has 1 aromatic heterocycles. The van der Waals surface area contributed by atoms with Crippen LogP contribution in [0.4, 0.5) is 0 Å². The molecule has 0 atom stereocenters. The molecular formula is C19H25N3O4S. The third-order valence-electron chi connectivity index (χ3n) is 3.80. The molecule has 0 spiro atoms. The number of sulfonamides is 1. The summed E-state index contributed by atoms with van der Waals surface area (Å²) in [6.07, 6.45) is 2.92. The SMILES string of the molecule is CC(C)OCc1ccc(CNC(=O)CN(C)S(=O)(=O)c2cccnc2)cc1. The lowest BCUT2D eigenvalue weighted by molar-refractivity contribution is -0.121. The highest BCUT2D eigenvalue weighted by Gasteiger charge is 2.22. The van der Waals surface area contributed by atoms with E-state index in [9.17, 15) is 13.2 Å². The predicted octanol–water partition coefficient (Wildman–Crippen LogP) is 1.94. The van der Waals surface area contributed by atoms with Gasteiger partial charge < -0.3 is 10.1 Å². The van der Waals surface area contributed by atoms with E-state index in [1.54, 1.807) is 0 Å². The maximum atomic E-state index is 12.4. The van der Waals surface area contributed by atoms with Gasteiger partial charge >= 0.3 is 0 Å². The van der Waals surface area contributed by atoms with Crippen molar-refractivity contribution in [3.8, 4) is 0 Å². The van der Waals surface area contributed by atoms with E-state index in [1.165, 1.54) is 31.6 Å². The Morgan fingerprint density at radius 2 is 1.85 bits per heavy atom. The van der Waals surface area contributed by atoms with Gasteiger partial charge in [-0.25, -0.2) is 8.42 Å². The number of aromatic nitrogens is 1. The van der Waals surface area contributed by atoms with E-state index in [1.807, 2.05) is 38.1 Å². The Bertz CT molecular complexity index is 837. The van der Waals surface area contributed by atoms with Crippen LogP contribution in [0.15, 0.2) is 53.7 Å². The van der Waals surface area contributed by atoms with E-state index in [0.29, 0.717) is 13.2 Å². The number of amides is 1. The number of carbonyl (C=O) groups is 1. The Labute approximate surface area is 160 Å². The Morgan fingerprint density at radius 3 is 2.44 bits per heavy atom. The van der Waals surface area contributed by atoms with E-state index >= 15 is 0 Å². The highest BCUT2D eigenvalue weighted by atomic mass is 32.2. The molecule has 1 amide bonds. The van der Waals surface area contributed by atoms with E-state index in [0.717, 1.165) is 15.4 Å². The van der Waals surface area contributed by atoms with Gasteiger partial charge in [0.05, 0.1) is 19.3 Å². The summed E-state index contributed by atoms with van der Waals surface area (Å²) in [6.45, 7) is 4.56. The van der Waals surface area contributed by atoms with Crippen LogP contribution in [0.1, 0.15) is 25.0 Å². The van der Waals surface area contributed by atoms with Gasteiger partial charge in [-0.1, -0.05) is 24.3 Å². The molecule has 0 bridgehead atoms. The maximum absolute atomic E-state index is 12.4. The Morgan fingerprint density at radius 1 is 1.19 bits per heavy atom. The largest absolute Gasteiger partial charge is 0.374 e. The number of nitrogens with one attached hydrogen (secondary N) is 1. The zero-order valence-electron chi connectivity index (χ0n) is 15.8. The van der Waals surface area contributed by atoms with Crippen LogP contribution < -0.4 is 5.32 Å². The van der Waals surface area contributed by atoms with Crippen molar-refractivity contribution >= 4 is 15.9 Å². The number of hydrogen-bond donors (Lipinski definition) is 1. The summed E-state index contributed by atoms with van der Waals surface area (Å²) in [7, 11) is -2.37. The molecule has 0 unspecified atom stereocenters. The Hall–Kier alpha value is -2.29. The number of carbonyl (C=O) groups excluding carboxylic acids is 1. The molecule has 1 aromatic carbocycles. The minimum atomic E-state index is -3.74. The first kappa shape index (κ1) is 21.0. The number of nitrogens with zero attached hydrogens (tertiary/aromatic N) is 2. The van der Waals surface area contributed by atoms with Crippen molar-refractivity contribution in [2.75, 3.05) is 13.6 Å². The Balaban J connectivity index is 1.85. The summed E-state index contributed by atoms with van der Waals surface area (Å²) in [5, 5.41) is 2.73. The van der Waals surface area contributed by atoms with Gasteiger partial charge in [-0.15, -0.1) is 0 Å². The van der Waals surface area contributed by atoms with Crippen LogP contribution >= 0.6 is 0 Å². The fourth-order valence-corrected chi connectivity index (χ4v) is 3.33. The minimum absolute atomic E-state index is 0.0551. The summed E-state index contributed by atoms with van der Waals surface area (Å²) < 4.78 is 31.3. The molecule has 0 saturated heterocycles. The van der Waals surface area contributed by atoms with Gasteiger partial charge in [-0.3, -0.25) is 9.78 Å². The third-order valence-corrected chi connectivity index (χ3v) is 5.59. The number of likely N-dealkylation sites (N-methyl/N-ethyl adjacent to an activating group) is 1. The summed E-state index contributed by atoms with van der Waals surface area (Å²) in [6, 6.07) is 10.7. The normalized spacial score (nSPS) is 11.7. The minimum Gasteiger partial charge on any atom is -0.374 e. The van der Waals surface area contributed by atoms with Crippen molar-refractivity contribution in [1.82, 2.24) is 14.6 Å². The zero-order valence-corrected chi connectivity index (χ0v) is 16.6. The second-order valence-corrected chi connectivity index (χ2v) is 8.45. The average molecular weight is 391 g/mol. The number of ether oxygens (including phenoxy) is 1. The number of rotatable bonds is 9. The quantitative estimate of drug-likeness (QED) is 0.706. The molecule has 0 fully saturated rings. The molecule has 0 aliphatic carbocycles. The molecule has 0 aliphatic rings. The van der Waals surface area contributed by atoms with Crippen LogP contribution in [0.25, 0.3) is 0 Å². The van der Waals surface area contributed by atoms with Crippen molar-refractivity contribution in [3.05, 3.63) is 59.9 Å². The standard InChI is InChI=1S/C19H25N3O4S/c1-15(2)26-14-17-8-6-16(7-9-17)11-21-19(23)13-22(3)27(24,25)18-5-4-10-20-12-18/h4-10,12,15H,11,13-14H2,1-3H3,(H,21,23). The van der Waals surface area contributed by atoms with Gasteiger partial charge in [0.1, 0.15) is 4.90 Å². The lowest BCUT2D eigenvalue weighted by atomic mass is 10.1. The summed E-state index contributed by atoms with van der Waals surface area (Å²) >= 11 is 0. The molecule has 0 radical (unpaired) electrons. The van der Waals surface area contributed by atoms with Gasteiger partial charge in [-0.05, 0) is 37.1 Å². The fraction of sp³-hybridized carbons (Fsp3) is 0.368. The second kappa shape index (κ2) is 9.59. The summed E-state index contributed by atoms with van der Waals surface area (Å²) in [4.78, 5) is 16.0. The lowest BCUT2D eigenvalue weighted by Gasteiger charge is -2.16. The van der Waals surface area contributed by atoms with E-state index in [2.05, 4.69) is 10.3 Å². The number of pyridine rings is 1. The zero-order chi connectivity index (χ0) is 19.9. The van der Waals surface area contributed by atoms with Gasteiger partial charge in [-0.2, -0.15) is 4.31 Å². The maximum Gasteiger partial charge on any atom is 0.244 e. The van der Waals surface area contributed by atoms with Crippen molar-refractivity contribution in [3.63, 3.8) is 0 Å². The van der Waals surface area contributed by atoms with Crippen LogP contribution in [-0.2, 0) is 32.7 Å². The van der Waals surface area contributed by atoms with Crippen LogP contribution in [0, 0.1) is 0 Å². The molecule has 8 heteroatoms. The second-order valence-electron chi connectivity index (χ2n) is 6.40. The van der Waals surface area contributed by atoms with Crippen LogP contribution in [0.5, 0.6) is 0 Å². The average Bonchev–Trinajstić information content (AvgIpc) is 2.66. The van der Waals surface area contributed by atoms with Crippen LogP contribution in [0.2, 0.25) is 0 Å². The Kier molecular flexibility index (Phi) is 7.46. The summed E-state index contributed by atoms with van der Waals surface area (Å²) in [5.74, 6) is -0.378. The molecule has 0 saturated carbocycles. The molecule has 2 aromatic rings. The van der Waals surface area contributed by atoms with E-state index in [-0.39, 0.29) is 23.5 Å². The third kappa shape index (κ3) is 6.42. The molecule has 146 valence electrons. The number of hydrogen-bond acceptors (Lipinski definition) is 5. The molecular weight excluding hydrogens is 366 g/mol. The fourth-order valence-electron chi connectivity index (χ4n) is 2.24. The highest BCUT2D eigenvalue weighted by molar-refractivity contribution is 7.89. The van der Waals surface area contributed by atoms with Crippen molar-refractivity contribution < 1.29 is 17.9 Å². The van der Waals surface area contributed by atoms with Crippen molar-refractivity contribution in [2.24, 2.45) is 0 Å². The first-order valence-electron chi connectivity index (χ1n) is 8.61. The molecule has 7 nitrogen and oxygen atoms in total. The topological polar surface area (TPSA) is 88.6 Å². The molecule has 0 aliphatic heterocycles. The molecule has 1 heterocycles. The predicted molar refractivity (Wildman–Crippen MR) is 102 cm³/mol. The van der Waals surface area contributed by atoms with Gasteiger partial charge in [0, 0.05) is 26.0 Å². The van der Waals surface area contributed by atoms with E-state index < -0.39 is 10.0 Å². The van der Waals surface area contributed by atoms with Crippen LogP contribution in [0.3, 0.4) is 0 Å². The van der Waals surface area contributed by atoms with Gasteiger partial charge in [0.2, 0.25) is 15.9 Å². The molecule has 27 heavy (non-hydrogen) atoms. The van der Waals surface area contributed by atoms with E-state index in [4.69, 9.17) is 4.74 Å². The van der Waals surface area contributed by atoms with Crippen LogP contribution in [-0.4, -0.2) is 43.3 Å². The van der Waals surface area contributed by atoms with Gasteiger partial charge in [0.15, 0.2) is 0 Å². The molecule has 2 rings (SSSR count). The van der Waals surface area contributed by atoms with Crippen molar-refractivity contribution in [1.29, 1.82) is 0 Å². The highest BCUT2D eigenvalue weighted by Crippen LogP contribution is 2.12. The molecule has 1 N–H and O–H groups in total. The monoisotopic (exact) mass is 391 g/mol.